The highest BCUT2D eigenvalue weighted by atomic mass is 35.5. The Balaban J connectivity index is 1.44. The molecule has 0 atom stereocenters. The Kier molecular flexibility index (Phi) is 5.92. The van der Waals surface area contributed by atoms with Gasteiger partial charge in [0.15, 0.2) is 5.82 Å². The number of anilines is 1. The van der Waals surface area contributed by atoms with Crippen LogP contribution in [0.5, 0.6) is 5.75 Å². The van der Waals surface area contributed by atoms with E-state index in [0.29, 0.717) is 33.3 Å². The summed E-state index contributed by atoms with van der Waals surface area (Å²) in [5.74, 6) is 0.711. The lowest BCUT2D eigenvalue weighted by Gasteiger charge is -2.09. The largest absolute Gasteiger partial charge is 0.489 e. The average Bonchev–Trinajstić information content (AvgIpc) is 3.26. The summed E-state index contributed by atoms with van der Waals surface area (Å²) < 4.78 is 5.77. The number of halogens is 1. The molecule has 0 saturated carbocycles. The second-order valence-corrected chi connectivity index (χ2v) is 6.93. The van der Waals surface area contributed by atoms with Crippen molar-refractivity contribution in [2.75, 3.05) is 5.32 Å². The molecule has 8 heteroatoms. The molecule has 1 amide bonds. The van der Waals surface area contributed by atoms with Gasteiger partial charge in [-0.05, 0) is 36.4 Å². The first-order chi connectivity index (χ1) is 15.1. The van der Waals surface area contributed by atoms with Gasteiger partial charge in [-0.3, -0.25) is 15.2 Å². The fraction of sp³-hybridized carbons (Fsp3) is 0.0435. The summed E-state index contributed by atoms with van der Waals surface area (Å²) in [5.41, 5.74) is 2.39. The van der Waals surface area contributed by atoms with E-state index in [2.05, 4.69) is 26.6 Å². The van der Waals surface area contributed by atoms with Crippen LogP contribution in [0.3, 0.4) is 0 Å². The Labute approximate surface area is 183 Å². The predicted octanol–water partition coefficient (Wildman–Crippen LogP) is 4.83. The maximum Gasteiger partial charge on any atom is 0.258 e. The Bertz CT molecular complexity index is 1280. The third-order valence-electron chi connectivity index (χ3n) is 4.47. The minimum atomic E-state index is -0.382. The molecule has 1 aromatic heterocycles. The minimum absolute atomic E-state index is 0.134. The number of carbonyl (C=O) groups excluding carboxylic acids is 1. The van der Waals surface area contributed by atoms with E-state index in [0.717, 1.165) is 5.56 Å². The molecule has 152 valence electrons. The highest BCUT2D eigenvalue weighted by Gasteiger charge is 2.13. The fourth-order valence-electron chi connectivity index (χ4n) is 2.91. The van der Waals surface area contributed by atoms with E-state index < -0.39 is 0 Å². The Morgan fingerprint density at radius 1 is 1.10 bits per heavy atom. The lowest BCUT2D eigenvalue weighted by molar-refractivity contribution is 0.102. The van der Waals surface area contributed by atoms with Crippen LogP contribution in [0, 0.1) is 11.3 Å². The van der Waals surface area contributed by atoms with Crippen molar-refractivity contribution in [2.24, 2.45) is 0 Å². The summed E-state index contributed by atoms with van der Waals surface area (Å²) >= 11 is 6.17. The first kappa shape index (κ1) is 20.1. The smallest absolute Gasteiger partial charge is 0.258 e. The molecule has 2 N–H and O–H groups in total. The normalized spacial score (nSPS) is 10.3. The molecule has 0 aliphatic heterocycles. The maximum absolute atomic E-state index is 12.6. The van der Waals surface area contributed by atoms with Crippen LogP contribution in [0.2, 0.25) is 5.02 Å². The highest BCUT2D eigenvalue weighted by molar-refractivity contribution is 6.33. The molecule has 1 heterocycles. The monoisotopic (exact) mass is 429 g/mol. The lowest BCUT2D eigenvalue weighted by Crippen LogP contribution is -2.13. The molecule has 0 spiro atoms. The Hall–Kier alpha value is -4.15. The van der Waals surface area contributed by atoms with Gasteiger partial charge in [0.2, 0.25) is 5.95 Å². The van der Waals surface area contributed by atoms with E-state index in [1.165, 1.54) is 0 Å². The lowest BCUT2D eigenvalue weighted by atomic mass is 10.1. The molecular weight excluding hydrogens is 414 g/mol. The minimum Gasteiger partial charge on any atom is -0.489 e. The van der Waals surface area contributed by atoms with Crippen LogP contribution < -0.4 is 10.1 Å². The first-order valence-electron chi connectivity index (χ1n) is 9.33. The topological polar surface area (TPSA) is 104 Å². The summed E-state index contributed by atoms with van der Waals surface area (Å²) in [6, 6.07) is 23.3. The number of aromatic amines is 1. The molecule has 0 radical (unpaired) electrons. The third kappa shape index (κ3) is 4.71. The molecule has 0 aliphatic carbocycles. The standard InChI is InChI=1S/C23H16ClN5O2/c24-20-11-4-3-10-19(20)21-26-23(29-28-21)27-22(30)15-8-5-9-18(12-15)31-14-17-7-2-1-6-16(17)13-25/h1-12H,14H2,(H2,26,27,28,29,30). The molecule has 3 aromatic carbocycles. The number of hydrogen-bond donors (Lipinski definition) is 2. The van der Waals surface area contributed by atoms with Gasteiger partial charge in [-0.2, -0.15) is 10.2 Å². The molecule has 7 nitrogen and oxygen atoms in total. The van der Waals surface area contributed by atoms with Crippen LogP contribution in [-0.4, -0.2) is 21.1 Å². The van der Waals surface area contributed by atoms with Gasteiger partial charge in [0, 0.05) is 16.7 Å². The number of nitrogens with one attached hydrogen (secondary N) is 2. The number of nitrogens with zero attached hydrogens (tertiary/aromatic N) is 3. The van der Waals surface area contributed by atoms with Crippen LogP contribution in [0.25, 0.3) is 11.4 Å². The van der Waals surface area contributed by atoms with Gasteiger partial charge in [-0.15, -0.1) is 5.10 Å². The number of amides is 1. The quantitative estimate of drug-likeness (QED) is 0.457. The van der Waals surface area contributed by atoms with Gasteiger partial charge in [0.25, 0.3) is 5.91 Å². The van der Waals surface area contributed by atoms with E-state index in [9.17, 15) is 10.1 Å². The van der Waals surface area contributed by atoms with E-state index in [-0.39, 0.29) is 18.5 Å². The third-order valence-corrected chi connectivity index (χ3v) is 4.80. The van der Waals surface area contributed by atoms with Crippen molar-refractivity contribution in [1.29, 1.82) is 5.26 Å². The fourth-order valence-corrected chi connectivity index (χ4v) is 3.13. The number of carbonyl (C=O) groups is 1. The number of aromatic nitrogens is 3. The number of hydrogen-bond acceptors (Lipinski definition) is 5. The van der Waals surface area contributed by atoms with Crippen molar-refractivity contribution in [3.8, 4) is 23.2 Å². The summed E-state index contributed by atoms with van der Waals surface area (Å²) in [5, 5.41) is 19.2. The molecule has 0 unspecified atom stereocenters. The van der Waals surface area contributed by atoms with Gasteiger partial charge in [-0.25, -0.2) is 0 Å². The number of H-pyrrole nitrogens is 1. The zero-order valence-corrected chi connectivity index (χ0v) is 16.9. The van der Waals surface area contributed by atoms with Gasteiger partial charge in [0.1, 0.15) is 12.4 Å². The van der Waals surface area contributed by atoms with Crippen LogP contribution in [0.4, 0.5) is 5.95 Å². The Morgan fingerprint density at radius 3 is 2.74 bits per heavy atom. The van der Waals surface area contributed by atoms with Gasteiger partial charge in [0.05, 0.1) is 16.7 Å². The second kappa shape index (κ2) is 9.11. The molecule has 0 bridgehead atoms. The van der Waals surface area contributed by atoms with Gasteiger partial charge >= 0.3 is 0 Å². The average molecular weight is 430 g/mol. The molecule has 0 fully saturated rings. The summed E-state index contributed by atoms with van der Waals surface area (Å²) in [7, 11) is 0. The SMILES string of the molecule is N#Cc1ccccc1COc1cccc(C(=O)Nc2n[nH]c(-c3ccccc3Cl)n2)c1. The molecule has 4 aromatic rings. The zero-order valence-electron chi connectivity index (χ0n) is 16.2. The predicted molar refractivity (Wildman–Crippen MR) is 117 cm³/mol. The summed E-state index contributed by atoms with van der Waals surface area (Å²) in [6.45, 7) is 0.219. The molecule has 31 heavy (non-hydrogen) atoms. The first-order valence-corrected chi connectivity index (χ1v) is 9.71. The van der Waals surface area contributed by atoms with Crippen LogP contribution in [0.15, 0.2) is 72.8 Å². The van der Waals surface area contributed by atoms with Gasteiger partial charge in [-0.1, -0.05) is 48.0 Å². The highest BCUT2D eigenvalue weighted by Crippen LogP contribution is 2.25. The number of rotatable bonds is 6. The number of benzene rings is 3. The second-order valence-electron chi connectivity index (χ2n) is 6.53. The van der Waals surface area contributed by atoms with Crippen LogP contribution in [-0.2, 0) is 6.61 Å². The molecular formula is C23H16ClN5O2. The van der Waals surface area contributed by atoms with E-state index in [1.807, 2.05) is 24.3 Å². The van der Waals surface area contributed by atoms with Crippen molar-refractivity contribution in [2.45, 2.75) is 6.61 Å². The Morgan fingerprint density at radius 2 is 1.90 bits per heavy atom. The van der Waals surface area contributed by atoms with Crippen molar-refractivity contribution in [3.05, 3.63) is 94.5 Å². The van der Waals surface area contributed by atoms with E-state index >= 15 is 0 Å². The van der Waals surface area contributed by atoms with Crippen molar-refractivity contribution in [3.63, 3.8) is 0 Å². The van der Waals surface area contributed by atoms with E-state index in [1.54, 1.807) is 48.5 Å². The summed E-state index contributed by atoms with van der Waals surface area (Å²) in [6.07, 6.45) is 0. The zero-order chi connectivity index (χ0) is 21.6. The maximum atomic E-state index is 12.6. The van der Waals surface area contributed by atoms with Crippen LogP contribution >= 0.6 is 11.6 Å². The van der Waals surface area contributed by atoms with E-state index in [4.69, 9.17) is 16.3 Å². The summed E-state index contributed by atoms with van der Waals surface area (Å²) in [4.78, 5) is 16.9. The van der Waals surface area contributed by atoms with Crippen molar-refractivity contribution >= 4 is 23.5 Å². The van der Waals surface area contributed by atoms with Crippen molar-refractivity contribution < 1.29 is 9.53 Å². The molecule has 0 saturated heterocycles. The number of ether oxygens (including phenoxy) is 1. The van der Waals surface area contributed by atoms with Crippen molar-refractivity contribution in [1.82, 2.24) is 15.2 Å². The number of nitriles is 1. The molecule has 4 rings (SSSR count). The molecule has 0 aliphatic rings. The van der Waals surface area contributed by atoms with Gasteiger partial charge < -0.3 is 4.74 Å². The van der Waals surface area contributed by atoms with Crippen LogP contribution in [0.1, 0.15) is 21.5 Å².